The summed E-state index contributed by atoms with van der Waals surface area (Å²) in [5.41, 5.74) is 1.22. The Hall–Kier alpha value is -1.62. The standard InChI is InChI=1S/C18H30N4O/c1-17(2,15-7-11-19-12-8-15)13-20-16(23)22(5)14-18(21(3)4)9-6-10-18/h7-8,11-12H,6,9-10,13-14H2,1-5H3,(H,20,23). The van der Waals surface area contributed by atoms with E-state index in [-0.39, 0.29) is 17.0 Å². The van der Waals surface area contributed by atoms with Gasteiger partial charge >= 0.3 is 6.03 Å². The van der Waals surface area contributed by atoms with Crippen LogP contribution in [0.15, 0.2) is 24.5 Å². The first kappa shape index (κ1) is 17.7. The molecule has 0 unspecified atom stereocenters. The van der Waals surface area contributed by atoms with Gasteiger partial charge < -0.3 is 15.1 Å². The lowest BCUT2D eigenvalue weighted by atomic mass is 9.75. The van der Waals surface area contributed by atoms with Crippen molar-refractivity contribution in [3.63, 3.8) is 0 Å². The summed E-state index contributed by atoms with van der Waals surface area (Å²) in [5.74, 6) is 0. The summed E-state index contributed by atoms with van der Waals surface area (Å²) in [4.78, 5) is 20.6. The molecule has 1 aliphatic rings. The van der Waals surface area contributed by atoms with Crippen LogP contribution < -0.4 is 5.32 Å². The van der Waals surface area contributed by atoms with Crippen LogP contribution in [-0.4, -0.2) is 60.6 Å². The molecule has 0 radical (unpaired) electrons. The van der Waals surface area contributed by atoms with Gasteiger partial charge in [0.15, 0.2) is 0 Å². The van der Waals surface area contributed by atoms with Crippen LogP contribution in [0.5, 0.6) is 0 Å². The van der Waals surface area contributed by atoms with Crippen molar-refractivity contribution in [3.05, 3.63) is 30.1 Å². The molecule has 0 spiro atoms. The molecule has 1 aromatic heterocycles. The molecular formula is C18H30N4O. The second-order valence-corrected chi connectivity index (χ2v) is 7.61. The number of carbonyl (C=O) groups excluding carboxylic acids is 1. The molecule has 1 N–H and O–H groups in total. The second-order valence-electron chi connectivity index (χ2n) is 7.61. The smallest absolute Gasteiger partial charge is 0.317 e. The van der Waals surface area contributed by atoms with Crippen LogP contribution in [-0.2, 0) is 5.41 Å². The number of nitrogens with zero attached hydrogens (tertiary/aromatic N) is 3. The summed E-state index contributed by atoms with van der Waals surface area (Å²) in [7, 11) is 6.10. The molecule has 2 rings (SSSR count). The van der Waals surface area contributed by atoms with Gasteiger partial charge in [0, 0.05) is 43.5 Å². The Morgan fingerprint density at radius 1 is 1.26 bits per heavy atom. The van der Waals surface area contributed by atoms with Gasteiger partial charge in [-0.3, -0.25) is 4.98 Å². The molecule has 1 aliphatic carbocycles. The molecular weight excluding hydrogens is 288 g/mol. The SMILES string of the molecule is CN(CC1(N(C)C)CCC1)C(=O)NCC(C)(C)c1ccncc1. The van der Waals surface area contributed by atoms with Gasteiger partial charge in [-0.05, 0) is 51.1 Å². The van der Waals surface area contributed by atoms with E-state index in [0.29, 0.717) is 6.54 Å². The zero-order valence-corrected chi connectivity index (χ0v) is 15.1. The lowest BCUT2D eigenvalue weighted by Gasteiger charge is -2.49. The van der Waals surface area contributed by atoms with Crippen molar-refractivity contribution in [3.8, 4) is 0 Å². The number of pyridine rings is 1. The fourth-order valence-corrected chi connectivity index (χ4v) is 3.18. The molecule has 1 heterocycles. The number of rotatable bonds is 6. The summed E-state index contributed by atoms with van der Waals surface area (Å²) in [6.45, 7) is 5.66. The van der Waals surface area contributed by atoms with E-state index in [1.807, 2.05) is 24.1 Å². The van der Waals surface area contributed by atoms with Crippen LogP contribution in [0.1, 0.15) is 38.7 Å². The van der Waals surface area contributed by atoms with Crippen molar-refractivity contribution in [2.24, 2.45) is 0 Å². The number of amides is 2. The highest BCUT2D eigenvalue weighted by molar-refractivity contribution is 5.74. The number of likely N-dealkylation sites (N-methyl/N-ethyl adjacent to an activating group) is 2. The average molecular weight is 318 g/mol. The molecule has 1 fully saturated rings. The predicted molar refractivity (Wildman–Crippen MR) is 93.6 cm³/mol. The Kier molecular flexibility index (Phi) is 5.30. The lowest BCUT2D eigenvalue weighted by molar-refractivity contribution is 0.0363. The largest absolute Gasteiger partial charge is 0.337 e. The molecule has 0 atom stereocenters. The minimum Gasteiger partial charge on any atom is -0.337 e. The highest BCUT2D eigenvalue weighted by Crippen LogP contribution is 2.36. The fraction of sp³-hybridized carbons (Fsp3) is 0.667. The van der Waals surface area contributed by atoms with E-state index in [4.69, 9.17) is 0 Å². The van der Waals surface area contributed by atoms with Crippen molar-refractivity contribution in [2.75, 3.05) is 34.2 Å². The minimum absolute atomic E-state index is 0.000237. The minimum atomic E-state index is -0.116. The zero-order valence-electron chi connectivity index (χ0n) is 15.1. The van der Waals surface area contributed by atoms with E-state index in [1.54, 1.807) is 12.4 Å². The van der Waals surface area contributed by atoms with Gasteiger partial charge in [0.1, 0.15) is 0 Å². The van der Waals surface area contributed by atoms with Crippen LogP contribution in [0.4, 0.5) is 4.79 Å². The molecule has 0 bridgehead atoms. The first-order chi connectivity index (χ1) is 10.8. The van der Waals surface area contributed by atoms with Gasteiger partial charge in [-0.2, -0.15) is 0 Å². The quantitative estimate of drug-likeness (QED) is 0.876. The first-order valence-electron chi connectivity index (χ1n) is 8.34. The maximum atomic E-state index is 12.4. The molecule has 5 nitrogen and oxygen atoms in total. The van der Waals surface area contributed by atoms with Crippen molar-refractivity contribution in [1.29, 1.82) is 0 Å². The fourth-order valence-electron chi connectivity index (χ4n) is 3.18. The normalized spacial score (nSPS) is 16.8. The summed E-state index contributed by atoms with van der Waals surface area (Å²) in [6.07, 6.45) is 7.17. The molecule has 5 heteroatoms. The van der Waals surface area contributed by atoms with Gasteiger partial charge in [-0.1, -0.05) is 13.8 Å². The van der Waals surface area contributed by atoms with Gasteiger partial charge in [-0.25, -0.2) is 4.79 Å². The van der Waals surface area contributed by atoms with Crippen molar-refractivity contribution in [2.45, 2.75) is 44.1 Å². The van der Waals surface area contributed by atoms with Crippen LogP contribution in [0.2, 0.25) is 0 Å². The molecule has 2 amide bonds. The highest BCUT2D eigenvalue weighted by Gasteiger charge is 2.40. The maximum absolute atomic E-state index is 12.4. The molecule has 0 aromatic carbocycles. The van der Waals surface area contributed by atoms with E-state index < -0.39 is 0 Å². The van der Waals surface area contributed by atoms with Crippen LogP contribution >= 0.6 is 0 Å². The summed E-state index contributed by atoms with van der Waals surface area (Å²) in [5, 5.41) is 3.08. The molecule has 1 saturated carbocycles. The summed E-state index contributed by atoms with van der Waals surface area (Å²) in [6, 6.07) is 4.01. The van der Waals surface area contributed by atoms with Crippen LogP contribution in [0.25, 0.3) is 0 Å². The Bertz CT molecular complexity index is 523. The first-order valence-corrected chi connectivity index (χ1v) is 8.34. The molecule has 23 heavy (non-hydrogen) atoms. The number of urea groups is 1. The molecule has 0 aliphatic heterocycles. The Balaban J connectivity index is 1.89. The van der Waals surface area contributed by atoms with E-state index in [2.05, 4.69) is 43.1 Å². The molecule has 0 saturated heterocycles. The van der Waals surface area contributed by atoms with Crippen molar-refractivity contribution >= 4 is 6.03 Å². The van der Waals surface area contributed by atoms with Gasteiger partial charge in [0.2, 0.25) is 0 Å². The number of hydrogen-bond acceptors (Lipinski definition) is 3. The highest BCUT2D eigenvalue weighted by atomic mass is 16.2. The van der Waals surface area contributed by atoms with Crippen LogP contribution in [0, 0.1) is 0 Å². The predicted octanol–water partition coefficient (Wildman–Crippen LogP) is 2.48. The Morgan fingerprint density at radius 2 is 1.87 bits per heavy atom. The van der Waals surface area contributed by atoms with E-state index in [9.17, 15) is 4.79 Å². The Morgan fingerprint density at radius 3 is 2.35 bits per heavy atom. The molecule has 1 aromatic rings. The maximum Gasteiger partial charge on any atom is 0.317 e. The number of nitrogens with one attached hydrogen (secondary N) is 1. The molecule has 128 valence electrons. The number of hydrogen-bond donors (Lipinski definition) is 1. The van der Waals surface area contributed by atoms with E-state index >= 15 is 0 Å². The van der Waals surface area contributed by atoms with E-state index in [1.165, 1.54) is 24.8 Å². The lowest BCUT2D eigenvalue weighted by Crippen LogP contribution is -2.58. The Labute approximate surface area is 140 Å². The van der Waals surface area contributed by atoms with E-state index in [0.717, 1.165) is 6.54 Å². The summed E-state index contributed by atoms with van der Waals surface area (Å²) < 4.78 is 0. The van der Waals surface area contributed by atoms with Gasteiger partial charge in [-0.15, -0.1) is 0 Å². The third kappa shape index (κ3) is 4.02. The van der Waals surface area contributed by atoms with Crippen molar-refractivity contribution < 1.29 is 4.79 Å². The number of aromatic nitrogens is 1. The van der Waals surface area contributed by atoms with Gasteiger partial charge in [0.05, 0.1) is 0 Å². The number of carbonyl (C=O) groups is 1. The van der Waals surface area contributed by atoms with Crippen molar-refractivity contribution in [1.82, 2.24) is 20.1 Å². The second kappa shape index (κ2) is 6.87. The third-order valence-electron chi connectivity index (χ3n) is 5.25. The van der Waals surface area contributed by atoms with Crippen LogP contribution in [0.3, 0.4) is 0 Å². The summed E-state index contributed by atoms with van der Waals surface area (Å²) >= 11 is 0. The van der Waals surface area contributed by atoms with Gasteiger partial charge in [0.25, 0.3) is 0 Å². The average Bonchev–Trinajstić information content (AvgIpc) is 2.48. The monoisotopic (exact) mass is 318 g/mol. The topological polar surface area (TPSA) is 48.5 Å². The third-order valence-corrected chi connectivity index (χ3v) is 5.25. The zero-order chi connectivity index (χ0) is 17.1.